The largest absolute Gasteiger partial charge is 0.325 e. The maximum Gasteiger partial charge on any atom is 0.254 e. The number of benzene rings is 1. The number of piperazine rings is 1. The third-order valence-electron chi connectivity index (χ3n) is 6.71. The van der Waals surface area contributed by atoms with Crippen LogP contribution >= 0.6 is 0 Å². The molecule has 0 aromatic heterocycles. The molecule has 0 aliphatic carbocycles. The Kier molecular flexibility index (Phi) is 6.17. The van der Waals surface area contributed by atoms with Gasteiger partial charge in [0.2, 0.25) is 15.9 Å². The minimum atomic E-state index is -3.74. The van der Waals surface area contributed by atoms with Crippen molar-refractivity contribution in [2.75, 3.05) is 46.0 Å². The molecule has 0 saturated carbocycles. The van der Waals surface area contributed by atoms with E-state index in [1.165, 1.54) is 0 Å². The second-order valence-electron chi connectivity index (χ2n) is 9.44. The molecule has 9 heteroatoms. The fourth-order valence-electron chi connectivity index (χ4n) is 4.96. The highest BCUT2D eigenvalue weighted by Gasteiger charge is 2.54. The SMILES string of the molecule is CC(C)[C@H]1C(=O)N(S(C)(=O)=O)C2=CCN(C(=O)c3ccc(CN4CCN(C)CC4)cc3)[C@@H]21. The van der Waals surface area contributed by atoms with Crippen LogP contribution in [0, 0.1) is 11.8 Å². The zero-order chi connectivity index (χ0) is 23.2. The Morgan fingerprint density at radius 1 is 1.09 bits per heavy atom. The van der Waals surface area contributed by atoms with E-state index in [0.717, 1.165) is 48.8 Å². The smallest absolute Gasteiger partial charge is 0.254 e. The van der Waals surface area contributed by atoms with E-state index in [1.807, 2.05) is 38.1 Å². The van der Waals surface area contributed by atoms with Gasteiger partial charge in [-0.2, -0.15) is 0 Å². The van der Waals surface area contributed by atoms with E-state index in [0.29, 0.717) is 17.8 Å². The summed E-state index contributed by atoms with van der Waals surface area (Å²) in [5.41, 5.74) is 2.12. The van der Waals surface area contributed by atoms with Crippen LogP contribution in [0.4, 0.5) is 0 Å². The number of likely N-dealkylation sites (N-methyl/N-ethyl adjacent to an activating group) is 1. The molecular formula is C23H32N4O4S. The third kappa shape index (κ3) is 4.21. The summed E-state index contributed by atoms with van der Waals surface area (Å²) in [6.07, 6.45) is 2.74. The first-order valence-electron chi connectivity index (χ1n) is 11.1. The first kappa shape index (κ1) is 22.9. The molecule has 0 N–H and O–H groups in total. The average molecular weight is 461 g/mol. The Labute approximate surface area is 190 Å². The van der Waals surface area contributed by atoms with Gasteiger partial charge in [-0.15, -0.1) is 0 Å². The van der Waals surface area contributed by atoms with Gasteiger partial charge < -0.3 is 9.80 Å². The van der Waals surface area contributed by atoms with Crippen molar-refractivity contribution in [3.8, 4) is 0 Å². The molecule has 1 aromatic carbocycles. The minimum Gasteiger partial charge on any atom is -0.325 e. The molecule has 4 rings (SSSR count). The Balaban J connectivity index is 1.51. The summed E-state index contributed by atoms with van der Waals surface area (Å²) in [6, 6.07) is 7.09. The van der Waals surface area contributed by atoms with Crippen molar-refractivity contribution in [2.24, 2.45) is 11.8 Å². The lowest BCUT2D eigenvalue weighted by Gasteiger charge is -2.32. The zero-order valence-corrected chi connectivity index (χ0v) is 20.0. The van der Waals surface area contributed by atoms with Gasteiger partial charge in [-0.25, -0.2) is 12.7 Å². The molecule has 174 valence electrons. The van der Waals surface area contributed by atoms with Crippen LogP contribution in [-0.2, 0) is 21.4 Å². The molecule has 3 aliphatic heterocycles. The van der Waals surface area contributed by atoms with E-state index in [-0.39, 0.29) is 11.8 Å². The highest BCUT2D eigenvalue weighted by Crippen LogP contribution is 2.41. The Morgan fingerprint density at radius 2 is 1.72 bits per heavy atom. The van der Waals surface area contributed by atoms with Crippen LogP contribution in [0.5, 0.6) is 0 Å². The van der Waals surface area contributed by atoms with Crippen LogP contribution in [0.3, 0.4) is 0 Å². The van der Waals surface area contributed by atoms with Crippen molar-refractivity contribution in [1.29, 1.82) is 0 Å². The van der Waals surface area contributed by atoms with Gasteiger partial charge in [0.25, 0.3) is 5.91 Å². The summed E-state index contributed by atoms with van der Waals surface area (Å²) >= 11 is 0. The molecule has 0 radical (unpaired) electrons. The zero-order valence-electron chi connectivity index (χ0n) is 19.2. The van der Waals surface area contributed by atoms with E-state index in [4.69, 9.17) is 0 Å². The first-order chi connectivity index (χ1) is 15.1. The molecule has 0 spiro atoms. The maximum absolute atomic E-state index is 13.4. The van der Waals surface area contributed by atoms with Crippen molar-refractivity contribution in [3.63, 3.8) is 0 Å². The minimum absolute atomic E-state index is 0.0954. The second kappa shape index (κ2) is 8.61. The summed E-state index contributed by atoms with van der Waals surface area (Å²) in [5.74, 6) is -1.29. The predicted octanol–water partition coefficient (Wildman–Crippen LogP) is 1.22. The fourth-order valence-corrected chi connectivity index (χ4v) is 5.98. The molecular weight excluding hydrogens is 428 g/mol. The second-order valence-corrected chi connectivity index (χ2v) is 11.3. The normalized spacial score (nSPS) is 24.9. The van der Waals surface area contributed by atoms with E-state index in [9.17, 15) is 18.0 Å². The summed E-state index contributed by atoms with van der Waals surface area (Å²) < 4.78 is 25.4. The Hall–Kier alpha value is -2.23. The van der Waals surface area contributed by atoms with Crippen LogP contribution in [0.1, 0.15) is 29.8 Å². The molecule has 3 heterocycles. The number of sulfonamides is 1. The number of carbonyl (C=O) groups excluding carboxylic acids is 2. The number of nitrogens with zero attached hydrogens (tertiary/aromatic N) is 4. The van der Waals surface area contributed by atoms with Crippen LogP contribution in [0.15, 0.2) is 36.0 Å². The van der Waals surface area contributed by atoms with Crippen molar-refractivity contribution >= 4 is 21.8 Å². The topological polar surface area (TPSA) is 81.2 Å². The molecule has 1 aromatic rings. The van der Waals surface area contributed by atoms with E-state index in [2.05, 4.69) is 16.8 Å². The number of amides is 2. The van der Waals surface area contributed by atoms with Crippen LogP contribution < -0.4 is 0 Å². The lowest BCUT2D eigenvalue weighted by atomic mass is 9.89. The standard InChI is InChI=1S/C23H32N4O4S/c1-16(2)20-21-19(27(23(20)29)32(4,30)31)9-10-26(21)22(28)18-7-5-17(6-8-18)15-25-13-11-24(3)12-14-25/h5-9,16,20-21H,10-15H2,1-4H3/t20-,21+/m1/s1. The van der Waals surface area contributed by atoms with Crippen LogP contribution in [0.2, 0.25) is 0 Å². The maximum atomic E-state index is 13.4. The average Bonchev–Trinajstić information content (AvgIpc) is 3.25. The van der Waals surface area contributed by atoms with Gasteiger partial charge in [0.15, 0.2) is 0 Å². The van der Waals surface area contributed by atoms with Crippen LogP contribution in [-0.4, -0.2) is 91.3 Å². The van der Waals surface area contributed by atoms with E-state index >= 15 is 0 Å². The van der Waals surface area contributed by atoms with Gasteiger partial charge in [-0.1, -0.05) is 26.0 Å². The van der Waals surface area contributed by atoms with Gasteiger partial charge in [0.05, 0.1) is 23.9 Å². The predicted molar refractivity (Wildman–Crippen MR) is 122 cm³/mol. The van der Waals surface area contributed by atoms with Gasteiger partial charge in [0.1, 0.15) is 0 Å². The molecule has 2 saturated heterocycles. The molecule has 8 nitrogen and oxygen atoms in total. The highest BCUT2D eigenvalue weighted by molar-refractivity contribution is 7.89. The van der Waals surface area contributed by atoms with Gasteiger partial charge in [-0.3, -0.25) is 14.5 Å². The Morgan fingerprint density at radius 3 is 2.28 bits per heavy atom. The summed E-state index contributed by atoms with van der Waals surface area (Å²) in [4.78, 5) is 32.6. The number of hydrogen-bond acceptors (Lipinski definition) is 6. The van der Waals surface area contributed by atoms with Crippen molar-refractivity contribution in [1.82, 2.24) is 19.0 Å². The van der Waals surface area contributed by atoms with Crippen molar-refractivity contribution in [2.45, 2.75) is 26.4 Å². The van der Waals surface area contributed by atoms with E-state index in [1.54, 1.807) is 11.0 Å². The molecule has 2 atom stereocenters. The van der Waals surface area contributed by atoms with Crippen molar-refractivity contribution < 1.29 is 18.0 Å². The summed E-state index contributed by atoms with van der Waals surface area (Å²) in [7, 11) is -1.61. The first-order valence-corrected chi connectivity index (χ1v) is 13.0. The lowest BCUT2D eigenvalue weighted by molar-refractivity contribution is -0.128. The number of carbonyl (C=O) groups is 2. The number of rotatable bonds is 5. The fraction of sp³-hybridized carbons (Fsp3) is 0.565. The molecule has 2 amide bonds. The molecule has 32 heavy (non-hydrogen) atoms. The monoisotopic (exact) mass is 460 g/mol. The Bertz CT molecular complexity index is 1030. The molecule has 2 fully saturated rings. The molecule has 3 aliphatic rings. The van der Waals surface area contributed by atoms with Crippen LogP contribution in [0.25, 0.3) is 0 Å². The highest BCUT2D eigenvalue weighted by atomic mass is 32.2. The van der Waals surface area contributed by atoms with Gasteiger partial charge in [0, 0.05) is 44.8 Å². The third-order valence-corrected chi connectivity index (χ3v) is 7.76. The lowest BCUT2D eigenvalue weighted by Crippen LogP contribution is -2.44. The van der Waals surface area contributed by atoms with Gasteiger partial charge >= 0.3 is 0 Å². The quantitative estimate of drug-likeness (QED) is 0.657. The van der Waals surface area contributed by atoms with E-state index < -0.39 is 27.9 Å². The summed E-state index contributed by atoms with van der Waals surface area (Å²) in [6.45, 7) is 9.11. The van der Waals surface area contributed by atoms with Gasteiger partial charge in [-0.05, 0) is 36.7 Å². The van der Waals surface area contributed by atoms with Crippen molar-refractivity contribution in [3.05, 3.63) is 47.2 Å². The number of hydrogen-bond donors (Lipinski definition) is 0. The summed E-state index contributed by atoms with van der Waals surface area (Å²) in [5, 5.41) is 0. The number of fused-ring (bicyclic) bond motifs is 1. The molecule has 0 unspecified atom stereocenters. The molecule has 0 bridgehead atoms.